The molecule has 0 heterocycles. The predicted octanol–water partition coefficient (Wildman–Crippen LogP) is 4.66. The van der Waals surface area contributed by atoms with Gasteiger partial charge in [-0.05, 0) is 63.9 Å². The van der Waals surface area contributed by atoms with Gasteiger partial charge in [0.1, 0.15) is 6.54 Å². The number of amides is 1. The number of benzene rings is 3. The molecular weight excluding hydrogens is 434 g/mol. The van der Waals surface area contributed by atoms with E-state index in [0.717, 1.165) is 32.1 Å². The molecule has 0 aromatic heterocycles. The van der Waals surface area contributed by atoms with Crippen molar-refractivity contribution in [3.63, 3.8) is 0 Å². The topological polar surface area (TPSA) is 78.8 Å². The molecule has 3 aromatic carbocycles. The van der Waals surface area contributed by atoms with Crippen LogP contribution < -0.4 is 9.73 Å². The number of rotatable bonds is 7. The summed E-state index contributed by atoms with van der Waals surface area (Å²) in [5.74, 6) is -0.530. The Balaban J connectivity index is 1.91. The van der Waals surface area contributed by atoms with Crippen LogP contribution in [-0.4, -0.2) is 26.6 Å². The van der Waals surface area contributed by atoms with Crippen LogP contribution in [0.15, 0.2) is 76.7 Å². The van der Waals surface area contributed by atoms with E-state index >= 15 is 0 Å². The summed E-state index contributed by atoms with van der Waals surface area (Å²) in [4.78, 5) is 12.9. The molecule has 0 radical (unpaired) electrons. The van der Waals surface area contributed by atoms with Gasteiger partial charge in [0, 0.05) is 0 Å². The Morgan fingerprint density at radius 2 is 1.39 bits per heavy atom. The minimum atomic E-state index is -3.97. The van der Waals surface area contributed by atoms with Crippen molar-refractivity contribution in [1.82, 2.24) is 5.43 Å². The molecule has 0 saturated heterocycles. The van der Waals surface area contributed by atoms with Crippen LogP contribution in [-0.2, 0) is 14.8 Å². The van der Waals surface area contributed by atoms with E-state index in [9.17, 15) is 13.2 Å². The summed E-state index contributed by atoms with van der Waals surface area (Å²) < 4.78 is 28.2. The van der Waals surface area contributed by atoms with Crippen molar-refractivity contribution in [1.29, 1.82) is 0 Å². The lowest BCUT2D eigenvalue weighted by atomic mass is 10.1. The minimum Gasteiger partial charge on any atom is -0.271 e. The zero-order chi connectivity index (χ0) is 24.2. The van der Waals surface area contributed by atoms with E-state index in [1.807, 2.05) is 64.1 Å². The number of hydrazone groups is 1. The molecule has 0 fully saturated rings. The molecule has 7 heteroatoms. The van der Waals surface area contributed by atoms with E-state index in [2.05, 4.69) is 10.5 Å². The Kier molecular flexibility index (Phi) is 7.33. The van der Waals surface area contributed by atoms with Crippen molar-refractivity contribution >= 4 is 27.3 Å². The summed E-state index contributed by atoms with van der Waals surface area (Å²) in [7, 11) is -3.97. The minimum absolute atomic E-state index is 0.125. The third-order valence-corrected chi connectivity index (χ3v) is 7.11. The molecule has 6 nitrogen and oxygen atoms in total. The molecule has 0 atom stereocenters. The van der Waals surface area contributed by atoms with Crippen molar-refractivity contribution in [2.45, 2.75) is 39.5 Å². The van der Waals surface area contributed by atoms with Gasteiger partial charge >= 0.3 is 0 Å². The highest BCUT2D eigenvalue weighted by Gasteiger charge is 2.28. The van der Waals surface area contributed by atoms with E-state index in [4.69, 9.17) is 0 Å². The van der Waals surface area contributed by atoms with Gasteiger partial charge in [-0.2, -0.15) is 5.10 Å². The quantitative estimate of drug-likeness (QED) is 0.409. The molecule has 0 spiro atoms. The molecule has 33 heavy (non-hydrogen) atoms. The Hall–Kier alpha value is -3.45. The second kappa shape index (κ2) is 10.0. The first-order valence-electron chi connectivity index (χ1n) is 10.6. The maximum absolute atomic E-state index is 13.5. The molecule has 0 unspecified atom stereocenters. The molecule has 0 aliphatic carbocycles. The number of carbonyl (C=O) groups excluding carboxylic acids is 1. The van der Waals surface area contributed by atoms with Gasteiger partial charge in [-0.15, -0.1) is 0 Å². The zero-order valence-corrected chi connectivity index (χ0v) is 20.4. The van der Waals surface area contributed by atoms with Gasteiger partial charge in [-0.25, -0.2) is 13.8 Å². The highest BCUT2D eigenvalue weighted by molar-refractivity contribution is 7.92. The van der Waals surface area contributed by atoms with Gasteiger partial charge in [0.05, 0.1) is 16.3 Å². The van der Waals surface area contributed by atoms with Crippen molar-refractivity contribution in [2.24, 2.45) is 5.10 Å². The van der Waals surface area contributed by atoms with Crippen molar-refractivity contribution in [3.05, 3.63) is 94.5 Å². The first-order valence-corrected chi connectivity index (χ1v) is 12.1. The lowest BCUT2D eigenvalue weighted by Crippen LogP contribution is -2.40. The average Bonchev–Trinajstić information content (AvgIpc) is 2.77. The number of nitrogens with zero attached hydrogens (tertiary/aromatic N) is 2. The molecule has 1 N–H and O–H groups in total. The zero-order valence-electron chi connectivity index (χ0n) is 19.6. The van der Waals surface area contributed by atoms with E-state index in [1.165, 1.54) is 0 Å². The molecule has 3 aromatic rings. The number of hydrogen-bond acceptors (Lipinski definition) is 4. The van der Waals surface area contributed by atoms with Gasteiger partial charge < -0.3 is 0 Å². The van der Waals surface area contributed by atoms with Gasteiger partial charge in [-0.1, -0.05) is 65.2 Å². The molecule has 3 rings (SSSR count). The van der Waals surface area contributed by atoms with Gasteiger partial charge in [0.25, 0.3) is 15.9 Å². The maximum atomic E-state index is 13.5. The van der Waals surface area contributed by atoms with Gasteiger partial charge in [0.2, 0.25) is 0 Å². The van der Waals surface area contributed by atoms with Crippen LogP contribution in [0.4, 0.5) is 5.69 Å². The summed E-state index contributed by atoms with van der Waals surface area (Å²) in [6, 6.07) is 19.8. The number of nitrogens with one attached hydrogen (secondary N) is 1. The van der Waals surface area contributed by atoms with Crippen molar-refractivity contribution in [2.75, 3.05) is 10.8 Å². The second-order valence-electron chi connectivity index (χ2n) is 8.21. The third-order valence-electron chi connectivity index (χ3n) is 5.33. The molecule has 0 bridgehead atoms. The monoisotopic (exact) mass is 463 g/mol. The number of anilines is 1. The highest BCUT2D eigenvalue weighted by atomic mass is 32.2. The van der Waals surface area contributed by atoms with E-state index in [-0.39, 0.29) is 4.90 Å². The molecule has 172 valence electrons. The number of hydrogen-bond donors (Lipinski definition) is 1. The highest BCUT2D eigenvalue weighted by Crippen LogP contribution is 2.27. The standard InChI is InChI=1S/C26H29N3O3S/c1-18-6-11-23(12-7-18)22(5)27-28-26(30)17-29(25-15-10-20(3)16-21(25)4)33(31,32)24-13-8-19(2)9-14-24/h6-16H,17H2,1-5H3,(H,28,30)/b27-22-. The predicted molar refractivity (Wildman–Crippen MR) is 133 cm³/mol. The summed E-state index contributed by atoms with van der Waals surface area (Å²) in [5, 5.41) is 4.17. The van der Waals surface area contributed by atoms with Crippen LogP contribution in [0.2, 0.25) is 0 Å². The molecule has 0 aliphatic rings. The van der Waals surface area contributed by atoms with Crippen molar-refractivity contribution < 1.29 is 13.2 Å². The Morgan fingerprint density at radius 1 is 0.848 bits per heavy atom. The van der Waals surface area contributed by atoms with Gasteiger partial charge in [0.15, 0.2) is 0 Å². The normalized spacial score (nSPS) is 11.8. The van der Waals surface area contributed by atoms with Crippen molar-refractivity contribution in [3.8, 4) is 0 Å². The smallest absolute Gasteiger partial charge is 0.264 e. The molecule has 0 saturated carbocycles. The van der Waals surface area contributed by atoms with Crippen LogP contribution in [0.1, 0.15) is 34.7 Å². The molecule has 1 amide bonds. The van der Waals surface area contributed by atoms with Crippen LogP contribution in [0.3, 0.4) is 0 Å². The summed E-state index contributed by atoms with van der Waals surface area (Å²) in [6.07, 6.45) is 0. The Bertz CT molecular complexity index is 1280. The Labute approximate surface area is 196 Å². The van der Waals surface area contributed by atoms with Crippen LogP contribution >= 0.6 is 0 Å². The van der Waals surface area contributed by atoms with Crippen LogP contribution in [0.5, 0.6) is 0 Å². The fraction of sp³-hybridized carbons (Fsp3) is 0.231. The second-order valence-corrected chi connectivity index (χ2v) is 10.1. The molecule has 0 aliphatic heterocycles. The number of sulfonamides is 1. The fourth-order valence-electron chi connectivity index (χ4n) is 3.39. The lowest BCUT2D eigenvalue weighted by Gasteiger charge is -2.25. The average molecular weight is 464 g/mol. The number of aryl methyl sites for hydroxylation is 4. The SMILES string of the molecule is C/C(=N/NC(=O)CN(c1ccc(C)cc1C)S(=O)(=O)c1ccc(C)cc1)c1ccc(C)cc1. The van der Waals surface area contributed by atoms with E-state index in [0.29, 0.717) is 11.4 Å². The van der Waals surface area contributed by atoms with Crippen LogP contribution in [0.25, 0.3) is 0 Å². The number of carbonyl (C=O) groups is 1. The first kappa shape index (κ1) is 24.2. The molecular formula is C26H29N3O3S. The van der Waals surface area contributed by atoms with E-state index in [1.54, 1.807) is 37.3 Å². The summed E-state index contributed by atoms with van der Waals surface area (Å²) in [5.41, 5.74) is 8.30. The van der Waals surface area contributed by atoms with Crippen LogP contribution in [0, 0.1) is 27.7 Å². The maximum Gasteiger partial charge on any atom is 0.264 e. The first-order chi connectivity index (χ1) is 15.6. The van der Waals surface area contributed by atoms with Gasteiger partial charge in [-0.3, -0.25) is 9.10 Å². The summed E-state index contributed by atoms with van der Waals surface area (Å²) >= 11 is 0. The lowest BCUT2D eigenvalue weighted by molar-refractivity contribution is -0.119. The van der Waals surface area contributed by atoms with E-state index < -0.39 is 22.5 Å². The third kappa shape index (κ3) is 5.87. The largest absolute Gasteiger partial charge is 0.271 e. The Morgan fingerprint density at radius 3 is 1.97 bits per heavy atom. The fourth-order valence-corrected chi connectivity index (χ4v) is 4.88. The summed E-state index contributed by atoms with van der Waals surface area (Å²) in [6.45, 7) is 9.04.